The molecular formula is C13H15Br2FN2O4S. The van der Waals surface area contributed by atoms with Crippen LogP contribution >= 0.6 is 31.9 Å². The zero-order valence-corrected chi connectivity index (χ0v) is 16.2. The molecule has 6 nitrogen and oxygen atoms in total. The van der Waals surface area contributed by atoms with Gasteiger partial charge < -0.3 is 9.64 Å². The molecule has 1 aliphatic rings. The molecule has 1 saturated heterocycles. The first-order chi connectivity index (χ1) is 10.8. The number of halogens is 3. The maximum absolute atomic E-state index is 13.3. The Bertz CT molecular complexity index is 683. The summed E-state index contributed by atoms with van der Waals surface area (Å²) in [4.78, 5) is 13.1. The summed E-state index contributed by atoms with van der Waals surface area (Å²) >= 11 is 6.19. The Morgan fingerprint density at radius 1 is 1.22 bits per heavy atom. The number of nitrogens with zero attached hydrogens (tertiary/aromatic N) is 2. The Kier molecular flexibility index (Phi) is 6.04. The first-order valence-electron chi connectivity index (χ1n) is 6.83. The standard InChI is InChI=1S/C13H15Br2FN2O4S/c1-2-22-13(19)17-3-5-18(6-4-17)23(20,21)12-10(14)7-9(16)8-11(12)15/h7-8H,2-6H2,1H3. The fourth-order valence-electron chi connectivity index (χ4n) is 2.23. The van der Waals surface area contributed by atoms with Crippen LogP contribution in [-0.2, 0) is 14.8 Å². The molecule has 1 amide bonds. The van der Waals surface area contributed by atoms with Crippen LogP contribution in [0.1, 0.15) is 6.92 Å². The summed E-state index contributed by atoms with van der Waals surface area (Å²) in [5, 5.41) is 0. The molecule has 0 aliphatic carbocycles. The predicted molar refractivity (Wildman–Crippen MR) is 89.2 cm³/mol. The van der Waals surface area contributed by atoms with Gasteiger partial charge in [-0.3, -0.25) is 0 Å². The first kappa shape index (κ1) is 18.6. The van der Waals surface area contributed by atoms with Gasteiger partial charge in [-0.15, -0.1) is 0 Å². The summed E-state index contributed by atoms with van der Waals surface area (Å²) in [5.74, 6) is -0.546. The number of hydrogen-bond donors (Lipinski definition) is 0. The van der Waals surface area contributed by atoms with Crippen LogP contribution < -0.4 is 0 Å². The maximum atomic E-state index is 13.3. The highest BCUT2D eigenvalue weighted by molar-refractivity contribution is 9.11. The minimum absolute atomic E-state index is 0.0246. The van der Waals surface area contributed by atoms with Gasteiger partial charge in [-0.05, 0) is 50.9 Å². The van der Waals surface area contributed by atoms with Crippen molar-refractivity contribution in [3.05, 3.63) is 26.9 Å². The van der Waals surface area contributed by atoms with Crippen LogP contribution in [0, 0.1) is 5.82 Å². The number of piperazine rings is 1. The van der Waals surface area contributed by atoms with Crippen molar-refractivity contribution >= 4 is 48.0 Å². The lowest BCUT2D eigenvalue weighted by atomic mass is 10.3. The summed E-state index contributed by atoms with van der Waals surface area (Å²) in [6, 6.07) is 2.21. The average Bonchev–Trinajstić information content (AvgIpc) is 2.46. The van der Waals surface area contributed by atoms with Crippen molar-refractivity contribution < 1.29 is 22.3 Å². The first-order valence-corrected chi connectivity index (χ1v) is 9.86. The normalized spacial score (nSPS) is 16.4. The number of hydrogen-bond acceptors (Lipinski definition) is 4. The molecule has 1 heterocycles. The van der Waals surface area contributed by atoms with Crippen LogP contribution in [0.2, 0.25) is 0 Å². The monoisotopic (exact) mass is 472 g/mol. The summed E-state index contributed by atoms with van der Waals surface area (Å²) in [6.45, 7) is 2.77. The third-order valence-electron chi connectivity index (χ3n) is 3.33. The van der Waals surface area contributed by atoms with Gasteiger partial charge >= 0.3 is 6.09 Å². The average molecular weight is 474 g/mol. The molecule has 0 saturated carbocycles. The Morgan fingerprint density at radius 2 is 1.74 bits per heavy atom. The Labute approximate surface area is 150 Å². The van der Waals surface area contributed by atoms with Crippen molar-refractivity contribution in [2.75, 3.05) is 32.8 Å². The molecule has 23 heavy (non-hydrogen) atoms. The quantitative estimate of drug-likeness (QED) is 0.676. The molecule has 1 aromatic rings. The van der Waals surface area contributed by atoms with Gasteiger partial charge in [0.15, 0.2) is 0 Å². The number of carbonyl (C=O) groups excluding carboxylic acids is 1. The zero-order chi connectivity index (χ0) is 17.2. The Morgan fingerprint density at radius 3 is 2.22 bits per heavy atom. The van der Waals surface area contributed by atoms with E-state index in [0.29, 0.717) is 0 Å². The molecule has 128 valence electrons. The largest absolute Gasteiger partial charge is 0.450 e. The Balaban J connectivity index is 2.19. The lowest BCUT2D eigenvalue weighted by Crippen LogP contribution is -2.50. The van der Waals surface area contributed by atoms with Gasteiger partial charge in [0.2, 0.25) is 10.0 Å². The molecule has 0 N–H and O–H groups in total. The molecular weight excluding hydrogens is 459 g/mol. The number of rotatable bonds is 3. The van der Waals surface area contributed by atoms with E-state index in [1.807, 2.05) is 0 Å². The molecule has 1 fully saturated rings. The molecule has 2 rings (SSSR count). The highest BCUT2D eigenvalue weighted by Gasteiger charge is 2.33. The van der Waals surface area contributed by atoms with E-state index >= 15 is 0 Å². The molecule has 10 heteroatoms. The molecule has 0 unspecified atom stereocenters. The zero-order valence-electron chi connectivity index (χ0n) is 12.3. The molecule has 0 spiro atoms. The molecule has 1 aliphatic heterocycles. The smallest absolute Gasteiger partial charge is 0.409 e. The highest BCUT2D eigenvalue weighted by Crippen LogP contribution is 2.33. The minimum atomic E-state index is -3.81. The van der Waals surface area contributed by atoms with Gasteiger partial charge in [-0.25, -0.2) is 17.6 Å². The van der Waals surface area contributed by atoms with E-state index in [1.165, 1.54) is 9.21 Å². The minimum Gasteiger partial charge on any atom is -0.450 e. The fourth-order valence-corrected chi connectivity index (χ4v) is 6.10. The van der Waals surface area contributed by atoms with Gasteiger partial charge in [0.1, 0.15) is 10.7 Å². The van der Waals surface area contributed by atoms with Gasteiger partial charge in [0.05, 0.1) is 6.61 Å². The van der Waals surface area contributed by atoms with E-state index in [2.05, 4.69) is 31.9 Å². The third kappa shape index (κ3) is 4.04. The molecule has 1 aromatic carbocycles. The van der Waals surface area contributed by atoms with Crippen LogP contribution in [0.25, 0.3) is 0 Å². The topological polar surface area (TPSA) is 66.9 Å². The second-order valence-electron chi connectivity index (χ2n) is 4.79. The highest BCUT2D eigenvalue weighted by atomic mass is 79.9. The summed E-state index contributed by atoms with van der Waals surface area (Å²) < 4.78 is 45.3. The molecule has 0 aromatic heterocycles. The lowest BCUT2D eigenvalue weighted by Gasteiger charge is -2.33. The van der Waals surface area contributed by atoms with Crippen LogP contribution in [0.4, 0.5) is 9.18 Å². The van der Waals surface area contributed by atoms with Crippen molar-refractivity contribution in [1.29, 1.82) is 0 Å². The second-order valence-corrected chi connectivity index (χ2v) is 8.37. The van der Waals surface area contributed by atoms with Crippen LogP contribution in [-0.4, -0.2) is 56.5 Å². The van der Waals surface area contributed by atoms with Crippen LogP contribution in [0.5, 0.6) is 0 Å². The van der Waals surface area contributed by atoms with Crippen molar-refractivity contribution in [1.82, 2.24) is 9.21 Å². The van der Waals surface area contributed by atoms with Gasteiger partial charge in [-0.2, -0.15) is 4.31 Å². The molecule has 0 bridgehead atoms. The van der Waals surface area contributed by atoms with E-state index in [0.717, 1.165) is 12.1 Å². The van der Waals surface area contributed by atoms with E-state index in [-0.39, 0.29) is 46.6 Å². The Hall–Kier alpha value is -0.710. The molecule has 0 radical (unpaired) electrons. The predicted octanol–water partition coefficient (Wildman–Crippen LogP) is 2.81. The maximum Gasteiger partial charge on any atom is 0.409 e. The van der Waals surface area contributed by atoms with Gasteiger partial charge in [0, 0.05) is 35.1 Å². The number of amides is 1. The molecule has 0 atom stereocenters. The SMILES string of the molecule is CCOC(=O)N1CCN(S(=O)(=O)c2c(Br)cc(F)cc2Br)CC1. The lowest BCUT2D eigenvalue weighted by molar-refractivity contribution is 0.0934. The van der Waals surface area contributed by atoms with E-state index in [9.17, 15) is 17.6 Å². The number of benzene rings is 1. The third-order valence-corrected chi connectivity index (χ3v) is 7.10. The number of carbonyl (C=O) groups is 1. The van der Waals surface area contributed by atoms with Crippen molar-refractivity contribution in [3.8, 4) is 0 Å². The second kappa shape index (κ2) is 7.45. The summed E-state index contributed by atoms with van der Waals surface area (Å²) in [5.41, 5.74) is 0. The summed E-state index contributed by atoms with van der Waals surface area (Å²) in [7, 11) is -3.81. The van der Waals surface area contributed by atoms with E-state index < -0.39 is 21.9 Å². The van der Waals surface area contributed by atoms with E-state index in [1.54, 1.807) is 6.92 Å². The van der Waals surface area contributed by atoms with Gasteiger partial charge in [-0.1, -0.05) is 0 Å². The number of sulfonamides is 1. The van der Waals surface area contributed by atoms with Crippen molar-refractivity contribution in [3.63, 3.8) is 0 Å². The summed E-state index contributed by atoms with van der Waals surface area (Å²) in [6.07, 6.45) is -0.450. The van der Waals surface area contributed by atoms with E-state index in [4.69, 9.17) is 4.74 Å². The van der Waals surface area contributed by atoms with Crippen LogP contribution in [0.3, 0.4) is 0 Å². The fraction of sp³-hybridized carbons (Fsp3) is 0.462. The van der Waals surface area contributed by atoms with Crippen molar-refractivity contribution in [2.24, 2.45) is 0 Å². The van der Waals surface area contributed by atoms with Gasteiger partial charge in [0.25, 0.3) is 0 Å². The van der Waals surface area contributed by atoms with Crippen LogP contribution in [0.15, 0.2) is 26.0 Å². The van der Waals surface area contributed by atoms with Crippen molar-refractivity contribution in [2.45, 2.75) is 11.8 Å². The number of ether oxygens (including phenoxy) is 1.